The second kappa shape index (κ2) is 9.11. The Labute approximate surface area is 195 Å². The van der Waals surface area contributed by atoms with Crippen LogP contribution in [-0.2, 0) is 17.9 Å². The van der Waals surface area contributed by atoms with Crippen molar-refractivity contribution in [2.75, 3.05) is 31.1 Å². The Hall–Kier alpha value is -3.98. The second-order valence-electron chi connectivity index (χ2n) is 8.19. The number of fused-ring (bicyclic) bond motifs is 1. The molecule has 174 valence electrons. The minimum atomic E-state index is -0.389. The van der Waals surface area contributed by atoms with Gasteiger partial charge in [0, 0.05) is 49.7 Å². The van der Waals surface area contributed by atoms with Crippen molar-refractivity contribution < 1.29 is 14.3 Å². The zero-order valence-electron chi connectivity index (χ0n) is 18.5. The van der Waals surface area contributed by atoms with Crippen LogP contribution >= 0.6 is 0 Å². The summed E-state index contributed by atoms with van der Waals surface area (Å²) in [7, 11) is 0. The van der Waals surface area contributed by atoms with E-state index >= 15 is 0 Å². The molecule has 9 heteroatoms. The number of hydrogen-bond donors (Lipinski definition) is 1. The van der Waals surface area contributed by atoms with Crippen LogP contribution in [-0.4, -0.2) is 56.3 Å². The van der Waals surface area contributed by atoms with Crippen molar-refractivity contribution in [1.29, 1.82) is 0 Å². The van der Waals surface area contributed by atoms with Crippen LogP contribution in [0.4, 0.5) is 10.1 Å². The summed E-state index contributed by atoms with van der Waals surface area (Å²) in [5.41, 5.74) is 2.15. The van der Waals surface area contributed by atoms with Gasteiger partial charge in [-0.05, 0) is 12.1 Å². The van der Waals surface area contributed by atoms with E-state index in [0.717, 1.165) is 5.56 Å². The third-order valence-corrected chi connectivity index (χ3v) is 6.20. The van der Waals surface area contributed by atoms with E-state index in [9.17, 15) is 19.1 Å². The summed E-state index contributed by atoms with van der Waals surface area (Å²) in [6.07, 6.45) is 3.15. The number of aromatic nitrogens is 3. The molecule has 1 aliphatic rings. The third-order valence-electron chi connectivity index (χ3n) is 6.20. The predicted molar refractivity (Wildman–Crippen MR) is 126 cm³/mol. The highest BCUT2D eigenvalue weighted by atomic mass is 19.1. The standard InChI is InChI=1S/C25H24FN5O3/c26-20-8-4-5-9-21(20)28-10-12-29(13-11-28)22(33)16-30-14-15-31-24(25(30)34)19(17-32)23(27-31)18-6-2-1-3-7-18/h1-9,14-15,32H,10-13,16-17H2. The highest BCUT2D eigenvalue weighted by Crippen LogP contribution is 2.24. The summed E-state index contributed by atoms with van der Waals surface area (Å²) in [5.74, 6) is -0.467. The van der Waals surface area contributed by atoms with Gasteiger partial charge in [-0.1, -0.05) is 42.5 Å². The Bertz CT molecular complexity index is 1390. The van der Waals surface area contributed by atoms with Crippen LogP contribution < -0.4 is 10.5 Å². The minimum Gasteiger partial charge on any atom is -0.392 e. The molecule has 2 aromatic carbocycles. The van der Waals surface area contributed by atoms with Gasteiger partial charge in [0.1, 0.15) is 17.9 Å². The quantitative estimate of drug-likeness (QED) is 0.493. The Morgan fingerprint density at radius 1 is 0.971 bits per heavy atom. The number of aliphatic hydroxyl groups excluding tert-OH is 1. The lowest BCUT2D eigenvalue weighted by Crippen LogP contribution is -2.50. The van der Waals surface area contributed by atoms with E-state index in [1.807, 2.05) is 35.2 Å². The first-order valence-corrected chi connectivity index (χ1v) is 11.1. The first-order valence-electron chi connectivity index (χ1n) is 11.1. The number of anilines is 1. The molecule has 3 heterocycles. The van der Waals surface area contributed by atoms with Gasteiger partial charge in [0.15, 0.2) is 0 Å². The molecule has 1 fully saturated rings. The summed E-state index contributed by atoms with van der Waals surface area (Å²) < 4.78 is 16.9. The lowest BCUT2D eigenvalue weighted by atomic mass is 10.1. The zero-order valence-corrected chi connectivity index (χ0v) is 18.5. The Morgan fingerprint density at radius 2 is 1.68 bits per heavy atom. The fraction of sp³-hybridized carbons (Fsp3) is 0.240. The SMILES string of the molecule is O=C(Cn1ccn2nc(-c3ccccc3)c(CO)c2c1=O)N1CCN(c2ccccc2F)CC1. The second-order valence-corrected chi connectivity index (χ2v) is 8.19. The molecule has 0 spiro atoms. The molecule has 1 N–H and O–H groups in total. The first-order chi connectivity index (χ1) is 16.6. The van der Waals surface area contributed by atoms with E-state index in [4.69, 9.17) is 0 Å². The van der Waals surface area contributed by atoms with Crippen LogP contribution in [0.5, 0.6) is 0 Å². The highest BCUT2D eigenvalue weighted by molar-refractivity contribution is 5.77. The number of hydrogen-bond acceptors (Lipinski definition) is 5. The molecule has 5 rings (SSSR count). The first kappa shape index (κ1) is 21.8. The number of aliphatic hydroxyl groups is 1. The number of rotatable bonds is 5. The van der Waals surface area contributed by atoms with Crippen molar-refractivity contribution in [3.8, 4) is 11.3 Å². The molecule has 1 amide bonds. The Balaban J connectivity index is 1.35. The summed E-state index contributed by atoms with van der Waals surface area (Å²) in [4.78, 5) is 29.8. The molecule has 0 saturated carbocycles. The number of piperazine rings is 1. The summed E-state index contributed by atoms with van der Waals surface area (Å²) >= 11 is 0. The van der Waals surface area contributed by atoms with Crippen molar-refractivity contribution in [3.63, 3.8) is 0 Å². The van der Waals surface area contributed by atoms with Crippen molar-refractivity contribution in [2.24, 2.45) is 0 Å². The number of halogens is 1. The summed E-state index contributed by atoms with van der Waals surface area (Å²) in [6.45, 7) is 1.44. The van der Waals surface area contributed by atoms with Gasteiger partial charge in [-0.15, -0.1) is 0 Å². The van der Waals surface area contributed by atoms with Gasteiger partial charge >= 0.3 is 0 Å². The topological polar surface area (TPSA) is 83.1 Å². The lowest BCUT2D eigenvalue weighted by Gasteiger charge is -2.36. The number of carbonyl (C=O) groups excluding carboxylic acids is 1. The van der Waals surface area contributed by atoms with Gasteiger partial charge < -0.3 is 19.5 Å². The highest BCUT2D eigenvalue weighted by Gasteiger charge is 2.24. The maximum atomic E-state index is 14.1. The van der Waals surface area contributed by atoms with E-state index in [1.165, 1.54) is 21.3 Å². The average Bonchev–Trinajstić information content (AvgIpc) is 3.26. The average molecular weight is 461 g/mol. The normalized spacial score (nSPS) is 14.1. The van der Waals surface area contributed by atoms with Crippen LogP contribution in [0.25, 0.3) is 16.8 Å². The number of nitrogens with zero attached hydrogens (tertiary/aromatic N) is 5. The number of carbonyl (C=O) groups is 1. The fourth-order valence-corrected chi connectivity index (χ4v) is 4.40. The number of para-hydroxylation sites is 1. The minimum absolute atomic E-state index is 0.119. The summed E-state index contributed by atoms with van der Waals surface area (Å²) in [6, 6.07) is 15.9. The van der Waals surface area contributed by atoms with Crippen LogP contribution in [0.3, 0.4) is 0 Å². The molecule has 0 unspecified atom stereocenters. The molecule has 8 nitrogen and oxygen atoms in total. The predicted octanol–water partition coefficient (Wildman–Crippen LogP) is 2.14. The van der Waals surface area contributed by atoms with Gasteiger partial charge in [-0.2, -0.15) is 5.10 Å². The molecule has 0 atom stereocenters. The van der Waals surface area contributed by atoms with Gasteiger partial charge in [0.2, 0.25) is 5.91 Å². The van der Waals surface area contributed by atoms with Crippen molar-refractivity contribution in [1.82, 2.24) is 19.1 Å². The van der Waals surface area contributed by atoms with E-state index in [-0.39, 0.29) is 36.0 Å². The molecule has 1 saturated heterocycles. The van der Waals surface area contributed by atoms with E-state index in [2.05, 4.69) is 5.10 Å². The molecule has 0 bridgehead atoms. The van der Waals surface area contributed by atoms with E-state index < -0.39 is 0 Å². The number of amides is 1. The largest absolute Gasteiger partial charge is 0.392 e. The molecular formula is C25H24FN5O3. The van der Waals surface area contributed by atoms with Gasteiger partial charge in [-0.25, -0.2) is 8.91 Å². The maximum Gasteiger partial charge on any atom is 0.277 e. The van der Waals surface area contributed by atoms with Crippen LogP contribution in [0.15, 0.2) is 71.8 Å². The fourth-order valence-electron chi connectivity index (χ4n) is 4.40. The zero-order chi connectivity index (χ0) is 23.7. The Kier molecular flexibility index (Phi) is 5.85. The molecular weight excluding hydrogens is 437 g/mol. The molecule has 0 aliphatic carbocycles. The van der Waals surface area contributed by atoms with Crippen molar-refractivity contribution in [2.45, 2.75) is 13.2 Å². The molecule has 4 aromatic rings. The van der Waals surface area contributed by atoms with E-state index in [0.29, 0.717) is 43.1 Å². The van der Waals surface area contributed by atoms with Crippen LogP contribution in [0, 0.1) is 5.82 Å². The van der Waals surface area contributed by atoms with Gasteiger partial charge in [0.05, 0.1) is 18.0 Å². The third kappa shape index (κ3) is 3.94. The molecule has 34 heavy (non-hydrogen) atoms. The molecule has 1 aliphatic heterocycles. The molecule has 0 radical (unpaired) electrons. The van der Waals surface area contributed by atoms with Crippen LogP contribution in [0.2, 0.25) is 0 Å². The molecule has 2 aromatic heterocycles. The van der Waals surface area contributed by atoms with E-state index in [1.54, 1.807) is 29.3 Å². The smallest absolute Gasteiger partial charge is 0.277 e. The van der Waals surface area contributed by atoms with Gasteiger partial charge in [-0.3, -0.25) is 9.59 Å². The van der Waals surface area contributed by atoms with Crippen molar-refractivity contribution in [3.05, 3.63) is 88.7 Å². The number of benzene rings is 2. The summed E-state index contributed by atoms with van der Waals surface area (Å²) in [5, 5.41) is 14.5. The van der Waals surface area contributed by atoms with Crippen molar-refractivity contribution >= 4 is 17.1 Å². The van der Waals surface area contributed by atoms with Gasteiger partial charge in [0.25, 0.3) is 5.56 Å². The Morgan fingerprint density at radius 3 is 2.38 bits per heavy atom. The van der Waals surface area contributed by atoms with Crippen LogP contribution in [0.1, 0.15) is 5.56 Å². The lowest BCUT2D eigenvalue weighted by molar-refractivity contribution is -0.132. The maximum absolute atomic E-state index is 14.1. The monoisotopic (exact) mass is 461 g/mol.